The van der Waals surface area contributed by atoms with Crippen molar-refractivity contribution in [2.24, 2.45) is 7.05 Å². The van der Waals surface area contributed by atoms with E-state index in [0.717, 1.165) is 40.6 Å². The minimum absolute atomic E-state index is 0. The summed E-state index contributed by atoms with van der Waals surface area (Å²) in [5.41, 5.74) is 6.45. The molecule has 3 aromatic rings. The molecule has 2 aliphatic rings. The van der Waals surface area contributed by atoms with Gasteiger partial charge >= 0.3 is 0 Å². The SMILES string of the molecule is Cc1ccc2c(c1C)c(C(=O)N[C@H]1C[C@H]3CC[C@@H](C1)N3C)c(-c1ccccc1)n2C.Cl. The molecule has 2 fully saturated rings. The van der Waals surface area contributed by atoms with Crippen LogP contribution in [-0.2, 0) is 7.05 Å². The molecule has 0 aliphatic carbocycles. The normalized spacial score (nSPS) is 23.0. The first kappa shape index (κ1) is 21.9. The molecule has 2 aliphatic heterocycles. The highest BCUT2D eigenvalue weighted by Gasteiger charge is 2.39. The van der Waals surface area contributed by atoms with Crippen molar-refractivity contribution in [1.82, 2.24) is 14.8 Å². The van der Waals surface area contributed by atoms with Crippen LogP contribution in [0.15, 0.2) is 42.5 Å². The molecule has 0 radical (unpaired) electrons. The molecule has 1 aromatic heterocycles. The average molecular weight is 438 g/mol. The Morgan fingerprint density at radius 1 is 0.968 bits per heavy atom. The van der Waals surface area contributed by atoms with Crippen LogP contribution in [0.2, 0.25) is 0 Å². The summed E-state index contributed by atoms with van der Waals surface area (Å²) >= 11 is 0. The average Bonchev–Trinajstić information content (AvgIpc) is 3.13. The molecule has 5 heteroatoms. The highest BCUT2D eigenvalue weighted by atomic mass is 35.5. The van der Waals surface area contributed by atoms with E-state index in [-0.39, 0.29) is 24.4 Å². The van der Waals surface area contributed by atoms with Crippen LogP contribution in [0.25, 0.3) is 22.2 Å². The van der Waals surface area contributed by atoms with Crippen molar-refractivity contribution >= 4 is 29.2 Å². The molecule has 3 atom stereocenters. The molecule has 0 saturated carbocycles. The Morgan fingerprint density at radius 2 is 1.61 bits per heavy atom. The summed E-state index contributed by atoms with van der Waals surface area (Å²) in [6.45, 7) is 4.26. The highest BCUT2D eigenvalue weighted by molar-refractivity contribution is 6.14. The zero-order valence-electron chi connectivity index (χ0n) is 18.8. The fraction of sp³-hybridized carbons (Fsp3) is 0.423. The van der Waals surface area contributed by atoms with E-state index in [4.69, 9.17) is 0 Å². The first-order valence-electron chi connectivity index (χ1n) is 11.1. The number of nitrogens with zero attached hydrogens (tertiary/aromatic N) is 2. The van der Waals surface area contributed by atoms with E-state index in [1.807, 2.05) is 18.2 Å². The van der Waals surface area contributed by atoms with Gasteiger partial charge in [0.15, 0.2) is 0 Å². The van der Waals surface area contributed by atoms with Gasteiger partial charge in [-0.1, -0.05) is 36.4 Å². The van der Waals surface area contributed by atoms with E-state index >= 15 is 0 Å². The van der Waals surface area contributed by atoms with Crippen LogP contribution in [0.1, 0.15) is 47.2 Å². The second-order valence-corrected chi connectivity index (χ2v) is 9.24. The van der Waals surface area contributed by atoms with Crippen molar-refractivity contribution in [2.75, 3.05) is 7.05 Å². The van der Waals surface area contributed by atoms with Gasteiger partial charge in [0.05, 0.1) is 11.3 Å². The quantitative estimate of drug-likeness (QED) is 0.608. The van der Waals surface area contributed by atoms with E-state index < -0.39 is 0 Å². The van der Waals surface area contributed by atoms with E-state index in [9.17, 15) is 4.79 Å². The van der Waals surface area contributed by atoms with Gasteiger partial charge in [0.2, 0.25) is 0 Å². The van der Waals surface area contributed by atoms with E-state index in [2.05, 4.69) is 67.0 Å². The summed E-state index contributed by atoms with van der Waals surface area (Å²) in [6, 6.07) is 16.1. The van der Waals surface area contributed by atoms with Crippen molar-refractivity contribution in [3.63, 3.8) is 0 Å². The van der Waals surface area contributed by atoms with Gasteiger partial charge < -0.3 is 14.8 Å². The largest absolute Gasteiger partial charge is 0.349 e. The molecule has 0 unspecified atom stereocenters. The molecule has 164 valence electrons. The second kappa shape index (κ2) is 8.33. The fourth-order valence-electron chi connectivity index (χ4n) is 5.75. The second-order valence-electron chi connectivity index (χ2n) is 9.24. The number of hydrogen-bond acceptors (Lipinski definition) is 2. The van der Waals surface area contributed by atoms with Gasteiger partial charge in [-0.3, -0.25) is 4.79 Å². The van der Waals surface area contributed by atoms with Crippen molar-refractivity contribution < 1.29 is 4.79 Å². The molecular weight excluding hydrogens is 406 g/mol. The Balaban J connectivity index is 0.00000231. The van der Waals surface area contributed by atoms with Crippen molar-refractivity contribution in [1.29, 1.82) is 0 Å². The first-order valence-corrected chi connectivity index (χ1v) is 11.1. The van der Waals surface area contributed by atoms with Crippen LogP contribution < -0.4 is 5.32 Å². The third kappa shape index (κ3) is 3.56. The van der Waals surface area contributed by atoms with Crippen LogP contribution in [0.4, 0.5) is 0 Å². The molecule has 1 amide bonds. The number of aromatic nitrogens is 1. The fourth-order valence-corrected chi connectivity index (χ4v) is 5.75. The van der Waals surface area contributed by atoms with Crippen LogP contribution in [0.5, 0.6) is 0 Å². The number of aryl methyl sites for hydroxylation is 3. The number of benzene rings is 2. The molecule has 0 spiro atoms. The van der Waals surface area contributed by atoms with Gasteiger partial charge in [-0.15, -0.1) is 12.4 Å². The third-order valence-corrected chi connectivity index (χ3v) is 7.61. The predicted molar refractivity (Wildman–Crippen MR) is 130 cm³/mol. The van der Waals surface area contributed by atoms with E-state index in [1.54, 1.807) is 0 Å². The number of carbonyl (C=O) groups is 1. The molecule has 2 aromatic carbocycles. The summed E-state index contributed by atoms with van der Waals surface area (Å²) in [7, 11) is 4.32. The monoisotopic (exact) mass is 437 g/mol. The molecule has 2 bridgehead atoms. The molecule has 31 heavy (non-hydrogen) atoms. The van der Waals surface area contributed by atoms with Crippen molar-refractivity contribution in [3.8, 4) is 11.3 Å². The molecule has 5 rings (SSSR count). The first-order chi connectivity index (χ1) is 14.5. The van der Waals surface area contributed by atoms with Crippen LogP contribution in [-0.4, -0.2) is 40.5 Å². The van der Waals surface area contributed by atoms with Gasteiger partial charge in [-0.2, -0.15) is 0 Å². The van der Waals surface area contributed by atoms with Crippen molar-refractivity contribution in [2.45, 2.75) is 57.7 Å². The number of piperidine rings is 1. The topological polar surface area (TPSA) is 37.3 Å². The number of hydrogen-bond donors (Lipinski definition) is 1. The molecule has 1 N–H and O–H groups in total. The van der Waals surface area contributed by atoms with Gasteiger partial charge in [0.1, 0.15) is 0 Å². The van der Waals surface area contributed by atoms with E-state index in [1.165, 1.54) is 24.0 Å². The maximum Gasteiger partial charge on any atom is 0.254 e. The van der Waals surface area contributed by atoms with Gasteiger partial charge in [0, 0.05) is 36.1 Å². The summed E-state index contributed by atoms with van der Waals surface area (Å²) < 4.78 is 2.18. The summed E-state index contributed by atoms with van der Waals surface area (Å²) in [4.78, 5) is 16.3. The lowest BCUT2D eigenvalue weighted by Gasteiger charge is -2.36. The van der Waals surface area contributed by atoms with Gasteiger partial charge in [-0.05, 0) is 69.3 Å². The van der Waals surface area contributed by atoms with E-state index in [0.29, 0.717) is 12.1 Å². The Morgan fingerprint density at radius 3 is 2.26 bits per heavy atom. The van der Waals surface area contributed by atoms with Crippen LogP contribution in [0, 0.1) is 13.8 Å². The Kier molecular flexibility index (Phi) is 5.89. The minimum atomic E-state index is 0. The Hall–Kier alpha value is -2.30. The Bertz CT molecular complexity index is 1110. The number of halogens is 1. The lowest BCUT2D eigenvalue weighted by Crippen LogP contribution is -2.48. The number of carbonyl (C=O) groups excluding carboxylic acids is 1. The standard InChI is InChI=1S/C26H31N3O.ClH/c1-16-10-13-22-23(17(16)2)24(25(29(22)4)18-8-6-5-7-9-18)26(30)27-19-14-20-11-12-21(15-19)28(20)3;/h5-10,13,19-21H,11-12,14-15H2,1-4H3,(H,27,30);1H/t19-,20+,21-;. The lowest BCUT2D eigenvalue weighted by atomic mass is 9.96. The highest BCUT2D eigenvalue weighted by Crippen LogP contribution is 2.37. The zero-order valence-corrected chi connectivity index (χ0v) is 19.6. The third-order valence-electron chi connectivity index (χ3n) is 7.61. The molecule has 3 heterocycles. The number of nitrogens with one attached hydrogen (secondary N) is 1. The number of amides is 1. The Labute approximate surface area is 191 Å². The summed E-state index contributed by atoms with van der Waals surface area (Å²) in [6.07, 6.45) is 4.63. The van der Waals surface area contributed by atoms with Crippen molar-refractivity contribution in [3.05, 3.63) is 59.2 Å². The van der Waals surface area contributed by atoms with Crippen LogP contribution in [0.3, 0.4) is 0 Å². The van der Waals surface area contributed by atoms with Gasteiger partial charge in [-0.25, -0.2) is 0 Å². The minimum Gasteiger partial charge on any atom is -0.349 e. The summed E-state index contributed by atoms with van der Waals surface area (Å²) in [5.74, 6) is 0.0714. The van der Waals surface area contributed by atoms with Crippen LogP contribution >= 0.6 is 12.4 Å². The number of fused-ring (bicyclic) bond motifs is 3. The number of rotatable bonds is 3. The predicted octanol–water partition coefficient (Wildman–Crippen LogP) is 5.24. The smallest absolute Gasteiger partial charge is 0.254 e. The molecule has 4 nitrogen and oxygen atoms in total. The molecular formula is C26H32ClN3O. The maximum absolute atomic E-state index is 13.8. The molecule has 2 saturated heterocycles. The van der Waals surface area contributed by atoms with Gasteiger partial charge in [0.25, 0.3) is 5.91 Å². The lowest BCUT2D eigenvalue weighted by molar-refractivity contribution is 0.0884. The summed E-state index contributed by atoms with van der Waals surface area (Å²) in [5, 5.41) is 4.53. The zero-order chi connectivity index (χ0) is 21.0. The maximum atomic E-state index is 13.8.